The number of anilines is 1. The molecule has 1 fully saturated rings. The molecule has 1 saturated heterocycles. The number of hydrogen-bond donors (Lipinski definition) is 2. The minimum Gasteiger partial charge on any atom is -0.379 e. The Morgan fingerprint density at radius 2 is 1.95 bits per heavy atom. The van der Waals surface area contributed by atoms with Gasteiger partial charge in [-0.05, 0) is 25.5 Å². The molecule has 0 bridgehead atoms. The SMILES string of the molecule is Cc1ccc(NC(N)=NCCCN2CCOCC2)cc1.I. The Hall–Kier alpha value is -0.860. The Morgan fingerprint density at radius 3 is 2.62 bits per heavy atom. The minimum atomic E-state index is 0. The van der Waals surface area contributed by atoms with Crippen LogP contribution in [0.3, 0.4) is 0 Å². The number of nitrogens with zero attached hydrogens (tertiary/aromatic N) is 2. The summed E-state index contributed by atoms with van der Waals surface area (Å²) in [6.07, 6.45) is 1.02. The smallest absolute Gasteiger partial charge is 0.193 e. The van der Waals surface area contributed by atoms with Crippen LogP contribution in [0.2, 0.25) is 0 Å². The van der Waals surface area contributed by atoms with Crippen LogP contribution >= 0.6 is 24.0 Å². The van der Waals surface area contributed by atoms with Crippen molar-refractivity contribution in [3.8, 4) is 0 Å². The molecule has 2 rings (SSSR count). The number of halogens is 1. The van der Waals surface area contributed by atoms with E-state index in [0.717, 1.165) is 51.5 Å². The van der Waals surface area contributed by atoms with Crippen molar-refractivity contribution in [1.82, 2.24) is 4.90 Å². The maximum atomic E-state index is 5.87. The largest absolute Gasteiger partial charge is 0.379 e. The van der Waals surface area contributed by atoms with Crippen molar-refractivity contribution < 1.29 is 4.74 Å². The average molecular weight is 404 g/mol. The number of morpholine rings is 1. The molecule has 1 heterocycles. The molecule has 0 radical (unpaired) electrons. The van der Waals surface area contributed by atoms with Crippen molar-refractivity contribution in [3.63, 3.8) is 0 Å². The van der Waals surface area contributed by atoms with Crippen molar-refractivity contribution >= 4 is 35.6 Å². The molecule has 0 unspecified atom stereocenters. The Bertz CT molecular complexity index is 430. The fraction of sp³-hybridized carbons (Fsp3) is 0.533. The lowest BCUT2D eigenvalue weighted by molar-refractivity contribution is 0.0377. The lowest BCUT2D eigenvalue weighted by Gasteiger charge is -2.26. The van der Waals surface area contributed by atoms with Gasteiger partial charge in [0.15, 0.2) is 5.96 Å². The fourth-order valence-corrected chi connectivity index (χ4v) is 2.14. The van der Waals surface area contributed by atoms with Gasteiger partial charge in [0.25, 0.3) is 0 Å². The highest BCUT2D eigenvalue weighted by atomic mass is 127. The summed E-state index contributed by atoms with van der Waals surface area (Å²) in [5.41, 5.74) is 8.08. The molecule has 1 aliphatic rings. The number of ether oxygens (including phenoxy) is 1. The summed E-state index contributed by atoms with van der Waals surface area (Å²) < 4.78 is 5.32. The van der Waals surface area contributed by atoms with Crippen molar-refractivity contribution in [2.45, 2.75) is 13.3 Å². The topological polar surface area (TPSA) is 62.9 Å². The maximum Gasteiger partial charge on any atom is 0.193 e. The van der Waals surface area contributed by atoms with Crippen molar-refractivity contribution in [2.75, 3.05) is 44.7 Å². The molecule has 1 aromatic rings. The monoisotopic (exact) mass is 404 g/mol. The van der Waals surface area contributed by atoms with Gasteiger partial charge in [-0.25, -0.2) is 0 Å². The quantitative estimate of drug-likeness (QED) is 0.341. The predicted octanol–water partition coefficient (Wildman–Crippen LogP) is 2.06. The van der Waals surface area contributed by atoms with Crippen LogP contribution in [0, 0.1) is 6.92 Å². The van der Waals surface area contributed by atoms with E-state index in [4.69, 9.17) is 10.5 Å². The van der Waals surface area contributed by atoms with Gasteiger partial charge in [0.2, 0.25) is 0 Å². The summed E-state index contributed by atoms with van der Waals surface area (Å²) in [6.45, 7) is 7.63. The second-order valence-electron chi connectivity index (χ2n) is 5.07. The number of guanidine groups is 1. The first-order valence-electron chi connectivity index (χ1n) is 7.18. The lowest BCUT2D eigenvalue weighted by atomic mass is 10.2. The molecule has 0 aromatic heterocycles. The van der Waals surface area contributed by atoms with E-state index in [2.05, 4.69) is 22.1 Å². The highest BCUT2D eigenvalue weighted by Crippen LogP contribution is 2.07. The predicted molar refractivity (Wildman–Crippen MR) is 98.6 cm³/mol. The van der Waals surface area contributed by atoms with Crippen molar-refractivity contribution in [3.05, 3.63) is 29.8 Å². The van der Waals surface area contributed by atoms with Crippen LogP contribution in [-0.4, -0.2) is 50.3 Å². The highest BCUT2D eigenvalue weighted by Gasteiger charge is 2.08. The Kier molecular flexibility index (Phi) is 8.63. The molecular weight excluding hydrogens is 379 g/mol. The van der Waals surface area contributed by atoms with E-state index < -0.39 is 0 Å². The summed E-state index contributed by atoms with van der Waals surface area (Å²) in [5.74, 6) is 0.482. The zero-order valence-electron chi connectivity index (χ0n) is 12.5. The standard InChI is InChI=1S/C15H24N4O.HI/c1-13-3-5-14(6-4-13)18-15(16)17-7-2-8-19-9-11-20-12-10-19;/h3-6H,2,7-12H2,1H3,(H3,16,17,18);1H. The molecule has 0 spiro atoms. The van der Waals surface area contributed by atoms with Crippen LogP contribution in [0.1, 0.15) is 12.0 Å². The summed E-state index contributed by atoms with van der Waals surface area (Å²) in [7, 11) is 0. The molecule has 21 heavy (non-hydrogen) atoms. The van der Waals surface area contributed by atoms with E-state index >= 15 is 0 Å². The van der Waals surface area contributed by atoms with E-state index in [9.17, 15) is 0 Å². The van der Waals surface area contributed by atoms with Gasteiger partial charge >= 0.3 is 0 Å². The Labute approximate surface area is 144 Å². The molecule has 0 amide bonds. The van der Waals surface area contributed by atoms with Crippen LogP contribution in [-0.2, 0) is 4.74 Å². The van der Waals surface area contributed by atoms with Crippen LogP contribution in [0.15, 0.2) is 29.3 Å². The van der Waals surface area contributed by atoms with Crippen LogP contribution in [0.5, 0.6) is 0 Å². The van der Waals surface area contributed by atoms with Gasteiger partial charge < -0.3 is 15.8 Å². The van der Waals surface area contributed by atoms with E-state index in [1.54, 1.807) is 0 Å². The number of benzene rings is 1. The molecule has 1 aliphatic heterocycles. The average Bonchev–Trinajstić information content (AvgIpc) is 2.47. The van der Waals surface area contributed by atoms with E-state index in [1.807, 2.05) is 24.3 Å². The third-order valence-corrected chi connectivity index (χ3v) is 3.34. The summed E-state index contributed by atoms with van der Waals surface area (Å²) in [4.78, 5) is 6.76. The van der Waals surface area contributed by atoms with Gasteiger partial charge in [-0.2, -0.15) is 0 Å². The highest BCUT2D eigenvalue weighted by molar-refractivity contribution is 14.0. The fourth-order valence-electron chi connectivity index (χ4n) is 2.14. The molecule has 0 aliphatic carbocycles. The molecule has 5 nitrogen and oxygen atoms in total. The van der Waals surface area contributed by atoms with Crippen molar-refractivity contribution in [2.24, 2.45) is 10.7 Å². The number of aliphatic imine (C=N–C) groups is 1. The van der Waals surface area contributed by atoms with Crippen LogP contribution in [0.25, 0.3) is 0 Å². The van der Waals surface area contributed by atoms with E-state index in [1.165, 1.54) is 5.56 Å². The number of hydrogen-bond acceptors (Lipinski definition) is 3. The van der Waals surface area contributed by atoms with Gasteiger partial charge in [0.1, 0.15) is 0 Å². The molecule has 3 N–H and O–H groups in total. The minimum absolute atomic E-state index is 0. The van der Waals surface area contributed by atoms with Gasteiger partial charge in [0, 0.05) is 31.9 Å². The molecule has 0 atom stereocenters. The van der Waals surface area contributed by atoms with Gasteiger partial charge in [-0.1, -0.05) is 17.7 Å². The lowest BCUT2D eigenvalue weighted by Crippen LogP contribution is -2.37. The Balaban J connectivity index is 0.00000220. The number of aryl methyl sites for hydroxylation is 1. The first-order valence-corrected chi connectivity index (χ1v) is 7.18. The second-order valence-corrected chi connectivity index (χ2v) is 5.07. The summed E-state index contributed by atoms with van der Waals surface area (Å²) in [5, 5.41) is 3.10. The third kappa shape index (κ3) is 7.10. The van der Waals surface area contributed by atoms with E-state index in [0.29, 0.717) is 5.96 Å². The Morgan fingerprint density at radius 1 is 1.29 bits per heavy atom. The van der Waals surface area contributed by atoms with E-state index in [-0.39, 0.29) is 24.0 Å². The number of nitrogens with one attached hydrogen (secondary N) is 1. The van der Waals surface area contributed by atoms with Gasteiger partial charge in [0.05, 0.1) is 13.2 Å². The molecule has 0 saturated carbocycles. The number of nitrogens with two attached hydrogens (primary N) is 1. The zero-order chi connectivity index (χ0) is 14.2. The normalized spacial score (nSPS) is 16.3. The molecule has 6 heteroatoms. The third-order valence-electron chi connectivity index (χ3n) is 3.34. The second kappa shape index (κ2) is 9.97. The van der Waals surface area contributed by atoms with Gasteiger partial charge in [-0.15, -0.1) is 24.0 Å². The first kappa shape index (κ1) is 18.2. The first-order chi connectivity index (χ1) is 9.74. The number of rotatable bonds is 5. The molecule has 118 valence electrons. The molecular formula is C15H25IN4O. The maximum absolute atomic E-state index is 5.87. The van der Waals surface area contributed by atoms with Crippen LogP contribution < -0.4 is 11.1 Å². The summed E-state index contributed by atoms with van der Waals surface area (Å²) >= 11 is 0. The molecule has 1 aromatic carbocycles. The van der Waals surface area contributed by atoms with Crippen molar-refractivity contribution in [1.29, 1.82) is 0 Å². The van der Waals surface area contributed by atoms with Gasteiger partial charge in [-0.3, -0.25) is 9.89 Å². The summed E-state index contributed by atoms with van der Waals surface area (Å²) in [6, 6.07) is 8.11. The zero-order valence-corrected chi connectivity index (χ0v) is 14.9. The van der Waals surface area contributed by atoms with Crippen LogP contribution in [0.4, 0.5) is 5.69 Å².